The molecule has 3 aromatic rings. The quantitative estimate of drug-likeness (QED) is 0.563. The number of carbonyl (C=O) groups is 3. The Balaban J connectivity index is 1.70. The molecule has 33 heavy (non-hydrogen) atoms. The second-order valence-electron chi connectivity index (χ2n) is 7.40. The number of benzene rings is 2. The normalized spacial score (nSPS) is 13.3. The maximum atomic E-state index is 13.3. The van der Waals surface area contributed by atoms with Crippen LogP contribution in [-0.4, -0.2) is 42.7 Å². The van der Waals surface area contributed by atoms with Gasteiger partial charge in [0.05, 0.1) is 41.2 Å². The number of ether oxygens (including phenoxy) is 2. The van der Waals surface area contributed by atoms with Crippen molar-refractivity contribution in [2.75, 3.05) is 19.8 Å². The molecule has 2 N–H and O–H groups in total. The van der Waals surface area contributed by atoms with Gasteiger partial charge in [-0.05, 0) is 25.5 Å². The van der Waals surface area contributed by atoms with Gasteiger partial charge in [-0.25, -0.2) is 19.4 Å². The Hall–Kier alpha value is -4.20. The summed E-state index contributed by atoms with van der Waals surface area (Å²) in [5.41, 5.74) is 3.71. The van der Waals surface area contributed by atoms with Crippen molar-refractivity contribution < 1.29 is 23.9 Å². The Morgan fingerprint density at radius 3 is 2.48 bits per heavy atom. The number of amides is 2. The van der Waals surface area contributed by atoms with Gasteiger partial charge in [0.1, 0.15) is 6.61 Å². The standard InChI is InChI=1S/C25H23N3O5/c1-3-32-23(29)18-13-26-25(31)28-20(18)14-33-24(30)21-15(2)22(16-9-5-4-6-10-16)27-19-12-8-7-11-17(19)21/h4-12H,3,13-14H2,1-2H3,(H2,26,28,31). The number of para-hydroxylation sites is 1. The molecule has 0 aliphatic carbocycles. The van der Waals surface area contributed by atoms with Crippen LogP contribution in [0.2, 0.25) is 0 Å². The number of carbonyl (C=O) groups excluding carboxylic acids is 3. The van der Waals surface area contributed by atoms with E-state index in [4.69, 9.17) is 14.5 Å². The number of fused-ring (bicyclic) bond motifs is 1. The molecule has 168 valence electrons. The van der Waals surface area contributed by atoms with Gasteiger partial charge >= 0.3 is 18.0 Å². The first-order valence-electron chi connectivity index (χ1n) is 10.6. The van der Waals surface area contributed by atoms with Crippen molar-refractivity contribution in [3.63, 3.8) is 0 Å². The Labute approximate surface area is 190 Å². The third-order valence-corrected chi connectivity index (χ3v) is 5.31. The molecule has 0 radical (unpaired) electrons. The highest BCUT2D eigenvalue weighted by atomic mass is 16.5. The lowest BCUT2D eigenvalue weighted by molar-refractivity contribution is -0.138. The highest BCUT2D eigenvalue weighted by Gasteiger charge is 2.26. The van der Waals surface area contributed by atoms with Crippen LogP contribution in [0.4, 0.5) is 4.79 Å². The number of nitrogens with one attached hydrogen (secondary N) is 2. The van der Waals surface area contributed by atoms with Crippen LogP contribution in [0.25, 0.3) is 22.2 Å². The summed E-state index contributed by atoms with van der Waals surface area (Å²) < 4.78 is 10.6. The number of urea groups is 1. The summed E-state index contributed by atoms with van der Waals surface area (Å²) in [6, 6.07) is 16.5. The van der Waals surface area contributed by atoms with Crippen LogP contribution in [0.15, 0.2) is 65.9 Å². The van der Waals surface area contributed by atoms with Gasteiger partial charge in [0.25, 0.3) is 0 Å². The zero-order chi connectivity index (χ0) is 23.4. The zero-order valence-electron chi connectivity index (χ0n) is 18.3. The first-order chi connectivity index (χ1) is 16.0. The zero-order valence-corrected chi connectivity index (χ0v) is 18.3. The average molecular weight is 445 g/mol. The van der Waals surface area contributed by atoms with E-state index in [2.05, 4.69) is 10.6 Å². The number of rotatable bonds is 6. The molecule has 0 fully saturated rings. The average Bonchev–Trinajstić information content (AvgIpc) is 2.83. The number of esters is 2. The summed E-state index contributed by atoms with van der Waals surface area (Å²) in [6.07, 6.45) is 0. The highest BCUT2D eigenvalue weighted by molar-refractivity contribution is 6.06. The van der Waals surface area contributed by atoms with Crippen LogP contribution < -0.4 is 10.6 Å². The van der Waals surface area contributed by atoms with Crippen LogP contribution in [-0.2, 0) is 14.3 Å². The molecule has 2 aromatic carbocycles. The topological polar surface area (TPSA) is 107 Å². The molecule has 8 nitrogen and oxygen atoms in total. The molecule has 0 unspecified atom stereocenters. The summed E-state index contributed by atoms with van der Waals surface area (Å²) in [5.74, 6) is -1.15. The lowest BCUT2D eigenvalue weighted by atomic mass is 9.98. The Kier molecular flexibility index (Phi) is 6.35. The molecule has 4 rings (SSSR count). The van der Waals surface area contributed by atoms with Crippen molar-refractivity contribution in [1.82, 2.24) is 15.6 Å². The molecule has 1 aliphatic heterocycles. The number of hydrogen-bond donors (Lipinski definition) is 2. The Morgan fingerprint density at radius 2 is 1.73 bits per heavy atom. The van der Waals surface area contributed by atoms with Gasteiger partial charge in [0, 0.05) is 10.9 Å². The van der Waals surface area contributed by atoms with Crippen LogP contribution in [0.3, 0.4) is 0 Å². The van der Waals surface area contributed by atoms with Crippen molar-refractivity contribution >= 4 is 28.9 Å². The third-order valence-electron chi connectivity index (χ3n) is 5.31. The molecule has 2 heterocycles. The van der Waals surface area contributed by atoms with Gasteiger partial charge in [-0.2, -0.15) is 0 Å². The first kappa shape index (κ1) is 22.0. The minimum atomic E-state index is -0.577. The summed E-state index contributed by atoms with van der Waals surface area (Å²) in [4.78, 5) is 42.1. The lowest BCUT2D eigenvalue weighted by Gasteiger charge is -2.21. The molecule has 0 saturated carbocycles. The Morgan fingerprint density at radius 1 is 1.00 bits per heavy atom. The fourth-order valence-corrected chi connectivity index (χ4v) is 3.73. The van der Waals surface area contributed by atoms with Crippen molar-refractivity contribution in [3.8, 4) is 11.3 Å². The summed E-state index contributed by atoms with van der Waals surface area (Å²) in [5, 5.41) is 5.72. The molecule has 0 bridgehead atoms. The first-order valence-corrected chi connectivity index (χ1v) is 10.6. The molecular formula is C25H23N3O5. The smallest absolute Gasteiger partial charge is 0.339 e. The Bertz CT molecular complexity index is 1270. The van der Waals surface area contributed by atoms with E-state index in [1.165, 1.54) is 0 Å². The summed E-state index contributed by atoms with van der Waals surface area (Å²) in [6.45, 7) is 3.42. The molecule has 0 spiro atoms. The predicted octanol–water partition coefficient (Wildman–Crippen LogP) is 3.50. The van der Waals surface area contributed by atoms with E-state index in [1.54, 1.807) is 6.92 Å². The highest BCUT2D eigenvalue weighted by Crippen LogP contribution is 2.30. The SMILES string of the molecule is CCOC(=O)C1=C(COC(=O)c2c(C)c(-c3ccccc3)nc3ccccc23)NC(=O)NC1. The van der Waals surface area contributed by atoms with Gasteiger partial charge in [0.2, 0.25) is 0 Å². The van der Waals surface area contributed by atoms with E-state index in [9.17, 15) is 14.4 Å². The van der Waals surface area contributed by atoms with E-state index in [0.717, 1.165) is 5.56 Å². The van der Waals surface area contributed by atoms with Crippen LogP contribution in [0.5, 0.6) is 0 Å². The fraction of sp³-hybridized carbons (Fsp3) is 0.200. The molecule has 1 aliphatic rings. The maximum Gasteiger partial charge on any atom is 0.339 e. The van der Waals surface area contributed by atoms with Crippen LogP contribution >= 0.6 is 0 Å². The second kappa shape index (κ2) is 9.52. The second-order valence-corrected chi connectivity index (χ2v) is 7.40. The third kappa shape index (κ3) is 4.55. The van der Waals surface area contributed by atoms with Crippen molar-refractivity contribution in [1.29, 1.82) is 0 Å². The van der Waals surface area contributed by atoms with Gasteiger partial charge in [-0.1, -0.05) is 48.5 Å². The molecule has 1 aromatic heterocycles. The van der Waals surface area contributed by atoms with E-state index < -0.39 is 18.0 Å². The van der Waals surface area contributed by atoms with Gasteiger partial charge in [-0.3, -0.25) is 0 Å². The minimum Gasteiger partial charge on any atom is -0.463 e. The van der Waals surface area contributed by atoms with E-state index >= 15 is 0 Å². The number of pyridine rings is 1. The summed E-state index contributed by atoms with van der Waals surface area (Å²) in [7, 11) is 0. The van der Waals surface area contributed by atoms with E-state index in [-0.39, 0.29) is 31.0 Å². The minimum absolute atomic E-state index is 0.00702. The molecule has 0 saturated heterocycles. The number of nitrogens with zero attached hydrogens (tertiary/aromatic N) is 1. The van der Waals surface area contributed by atoms with Crippen molar-refractivity contribution in [3.05, 3.63) is 77.0 Å². The van der Waals surface area contributed by atoms with Crippen molar-refractivity contribution in [2.24, 2.45) is 0 Å². The number of hydrogen-bond acceptors (Lipinski definition) is 6. The van der Waals surface area contributed by atoms with Gasteiger partial charge in [0.15, 0.2) is 0 Å². The van der Waals surface area contributed by atoms with Crippen LogP contribution in [0.1, 0.15) is 22.8 Å². The van der Waals surface area contributed by atoms with Gasteiger partial charge in [-0.15, -0.1) is 0 Å². The maximum absolute atomic E-state index is 13.3. The van der Waals surface area contributed by atoms with Gasteiger partial charge < -0.3 is 20.1 Å². The van der Waals surface area contributed by atoms with E-state index in [1.807, 2.05) is 61.5 Å². The van der Waals surface area contributed by atoms with E-state index in [0.29, 0.717) is 27.7 Å². The molecule has 2 amide bonds. The summed E-state index contributed by atoms with van der Waals surface area (Å²) >= 11 is 0. The molecule has 0 atom stereocenters. The van der Waals surface area contributed by atoms with Crippen LogP contribution in [0, 0.1) is 6.92 Å². The lowest BCUT2D eigenvalue weighted by Crippen LogP contribution is -2.45. The van der Waals surface area contributed by atoms with Crippen molar-refractivity contribution in [2.45, 2.75) is 13.8 Å². The monoisotopic (exact) mass is 445 g/mol. The largest absolute Gasteiger partial charge is 0.463 e. The molecular weight excluding hydrogens is 422 g/mol. The fourth-order valence-electron chi connectivity index (χ4n) is 3.73. The molecule has 8 heteroatoms. The predicted molar refractivity (Wildman–Crippen MR) is 122 cm³/mol. The number of aromatic nitrogens is 1.